The van der Waals surface area contributed by atoms with Crippen LogP contribution in [0.15, 0.2) is 65.7 Å². The molecular weight excluding hydrogens is 344 g/mol. The molecule has 0 radical (unpaired) electrons. The molecule has 6 heteroatoms. The molecule has 0 aliphatic heterocycles. The molecule has 0 fully saturated rings. The van der Waals surface area contributed by atoms with Gasteiger partial charge >= 0.3 is 0 Å². The van der Waals surface area contributed by atoms with Gasteiger partial charge in [0.1, 0.15) is 0 Å². The summed E-state index contributed by atoms with van der Waals surface area (Å²) in [5.41, 5.74) is 3.63. The van der Waals surface area contributed by atoms with Crippen molar-refractivity contribution < 1.29 is 8.42 Å². The molecule has 4 nitrogen and oxygen atoms in total. The third kappa shape index (κ3) is 3.32. The Labute approximate surface area is 146 Å². The molecule has 0 saturated carbocycles. The van der Waals surface area contributed by atoms with Crippen molar-refractivity contribution in [1.82, 2.24) is 4.68 Å². The van der Waals surface area contributed by atoms with Crippen molar-refractivity contribution in [3.05, 3.63) is 76.9 Å². The number of benzene rings is 2. The summed E-state index contributed by atoms with van der Waals surface area (Å²) in [7, 11) is -3.67. The second kappa shape index (κ2) is 6.34. The van der Waals surface area contributed by atoms with Gasteiger partial charge in [0, 0.05) is 16.8 Å². The minimum absolute atomic E-state index is 0.224. The SMILES string of the molecule is Cc1ccc(S(=O)(=O)Nn2ccc(C)c2-c2ccc(Cl)cc2)cc1. The first kappa shape index (κ1) is 16.6. The highest BCUT2D eigenvalue weighted by Gasteiger charge is 2.17. The molecule has 0 aliphatic rings. The number of aromatic nitrogens is 1. The first-order chi connectivity index (χ1) is 11.4. The van der Waals surface area contributed by atoms with Crippen molar-refractivity contribution in [3.8, 4) is 11.3 Å². The van der Waals surface area contributed by atoms with Gasteiger partial charge in [-0.25, -0.2) is 4.83 Å². The monoisotopic (exact) mass is 360 g/mol. The van der Waals surface area contributed by atoms with Gasteiger partial charge in [-0.15, -0.1) is 0 Å². The van der Waals surface area contributed by atoms with E-state index in [0.29, 0.717) is 5.02 Å². The van der Waals surface area contributed by atoms with Gasteiger partial charge < -0.3 is 0 Å². The number of nitrogens with one attached hydrogen (secondary N) is 1. The highest BCUT2D eigenvalue weighted by Crippen LogP contribution is 2.26. The molecule has 0 unspecified atom stereocenters. The summed E-state index contributed by atoms with van der Waals surface area (Å²) in [6, 6.07) is 15.9. The second-order valence-electron chi connectivity index (χ2n) is 5.63. The number of sulfonamides is 1. The van der Waals surface area contributed by atoms with Crippen LogP contribution in [0.4, 0.5) is 0 Å². The van der Waals surface area contributed by atoms with Crippen LogP contribution >= 0.6 is 11.6 Å². The summed E-state index contributed by atoms with van der Waals surface area (Å²) in [5.74, 6) is 0. The largest absolute Gasteiger partial charge is 0.275 e. The zero-order valence-corrected chi connectivity index (χ0v) is 14.9. The molecule has 1 N–H and O–H groups in total. The molecule has 0 saturated heterocycles. The Hall–Kier alpha value is -2.24. The fraction of sp³-hybridized carbons (Fsp3) is 0.111. The molecule has 0 bridgehead atoms. The summed E-state index contributed by atoms with van der Waals surface area (Å²) in [6.45, 7) is 3.85. The van der Waals surface area contributed by atoms with Gasteiger partial charge in [-0.2, -0.15) is 8.42 Å². The number of halogens is 1. The van der Waals surface area contributed by atoms with Crippen LogP contribution < -0.4 is 4.83 Å². The third-order valence-electron chi connectivity index (χ3n) is 3.76. The van der Waals surface area contributed by atoms with Crippen LogP contribution in [0.25, 0.3) is 11.3 Å². The predicted molar refractivity (Wildman–Crippen MR) is 97.3 cm³/mol. The first-order valence-corrected chi connectivity index (χ1v) is 9.26. The highest BCUT2D eigenvalue weighted by atomic mass is 35.5. The maximum Gasteiger partial charge on any atom is 0.275 e. The van der Waals surface area contributed by atoms with Crippen LogP contribution in [0.3, 0.4) is 0 Å². The van der Waals surface area contributed by atoms with E-state index < -0.39 is 10.0 Å². The van der Waals surface area contributed by atoms with Crippen molar-refractivity contribution in [1.29, 1.82) is 0 Å². The average Bonchev–Trinajstić information content (AvgIpc) is 2.89. The Morgan fingerprint density at radius 3 is 2.17 bits per heavy atom. The lowest BCUT2D eigenvalue weighted by Gasteiger charge is -2.14. The maximum atomic E-state index is 12.6. The molecule has 0 atom stereocenters. The molecule has 24 heavy (non-hydrogen) atoms. The Morgan fingerprint density at radius 2 is 1.54 bits per heavy atom. The van der Waals surface area contributed by atoms with Crippen molar-refractivity contribution in [2.45, 2.75) is 18.7 Å². The third-order valence-corrected chi connectivity index (χ3v) is 5.34. The lowest BCUT2D eigenvalue weighted by atomic mass is 10.1. The summed E-state index contributed by atoms with van der Waals surface area (Å²) in [5, 5.41) is 0.634. The number of rotatable bonds is 4. The molecule has 3 rings (SSSR count). The van der Waals surface area contributed by atoms with Gasteiger partial charge in [0.05, 0.1) is 10.6 Å². The molecule has 0 aliphatic carbocycles. The molecule has 0 spiro atoms. The standard InChI is InChI=1S/C18H17ClN2O2S/c1-13-3-9-17(10-4-13)24(22,23)20-21-12-11-14(2)18(21)15-5-7-16(19)8-6-15/h3-12,20H,1-2H3. The lowest BCUT2D eigenvalue weighted by molar-refractivity contribution is 0.595. The molecule has 0 amide bonds. The van der Waals surface area contributed by atoms with Gasteiger partial charge in [-0.3, -0.25) is 4.68 Å². The molecular formula is C18H17ClN2O2S. The van der Waals surface area contributed by atoms with Crippen LogP contribution in [-0.4, -0.2) is 13.1 Å². The Bertz CT molecular complexity index is 959. The zero-order valence-electron chi connectivity index (χ0n) is 13.3. The lowest BCUT2D eigenvalue weighted by Crippen LogP contribution is -2.23. The minimum Gasteiger partial charge on any atom is -0.253 e. The fourth-order valence-electron chi connectivity index (χ4n) is 2.48. The number of hydrogen-bond donors (Lipinski definition) is 1. The van der Waals surface area contributed by atoms with Gasteiger partial charge in [0.2, 0.25) is 0 Å². The predicted octanol–water partition coefficient (Wildman–Crippen LogP) is 4.36. The molecule has 3 aromatic rings. The van der Waals surface area contributed by atoms with Crippen LogP contribution in [0.2, 0.25) is 5.02 Å². The quantitative estimate of drug-likeness (QED) is 0.751. The summed E-state index contributed by atoms with van der Waals surface area (Å²) in [6.07, 6.45) is 1.70. The van der Waals surface area contributed by atoms with Crippen LogP contribution in [-0.2, 0) is 10.0 Å². The van der Waals surface area contributed by atoms with Gasteiger partial charge in [-0.05, 0) is 49.7 Å². The van der Waals surface area contributed by atoms with E-state index in [2.05, 4.69) is 4.83 Å². The Balaban J connectivity index is 1.99. The summed E-state index contributed by atoms with van der Waals surface area (Å²) >= 11 is 5.93. The summed E-state index contributed by atoms with van der Waals surface area (Å²) in [4.78, 5) is 2.84. The Kier molecular flexibility index (Phi) is 4.39. The molecule has 1 aromatic heterocycles. The Morgan fingerprint density at radius 1 is 0.917 bits per heavy atom. The van der Waals surface area contributed by atoms with Crippen LogP contribution in [0.5, 0.6) is 0 Å². The summed E-state index contributed by atoms with van der Waals surface area (Å²) < 4.78 is 26.7. The van der Waals surface area contributed by atoms with Crippen molar-refractivity contribution in [2.24, 2.45) is 0 Å². The fourth-order valence-corrected chi connectivity index (χ4v) is 3.62. The van der Waals surface area contributed by atoms with Crippen molar-refractivity contribution >= 4 is 21.6 Å². The molecule has 124 valence electrons. The minimum atomic E-state index is -3.67. The van der Waals surface area contributed by atoms with E-state index in [1.807, 2.05) is 32.0 Å². The van der Waals surface area contributed by atoms with E-state index in [1.165, 1.54) is 4.68 Å². The topological polar surface area (TPSA) is 51.1 Å². The number of nitrogens with zero attached hydrogens (tertiary/aromatic N) is 1. The average molecular weight is 361 g/mol. The highest BCUT2D eigenvalue weighted by molar-refractivity contribution is 7.92. The first-order valence-electron chi connectivity index (χ1n) is 7.40. The van der Waals surface area contributed by atoms with E-state index in [9.17, 15) is 8.42 Å². The van der Waals surface area contributed by atoms with Gasteiger partial charge in [-0.1, -0.05) is 41.4 Å². The van der Waals surface area contributed by atoms with Crippen LogP contribution in [0.1, 0.15) is 11.1 Å². The second-order valence-corrected chi connectivity index (χ2v) is 7.73. The normalized spacial score (nSPS) is 11.5. The van der Waals surface area contributed by atoms with E-state index >= 15 is 0 Å². The van der Waals surface area contributed by atoms with E-state index in [-0.39, 0.29) is 4.90 Å². The smallest absolute Gasteiger partial charge is 0.253 e. The van der Waals surface area contributed by atoms with E-state index in [1.54, 1.807) is 42.6 Å². The maximum absolute atomic E-state index is 12.6. The van der Waals surface area contributed by atoms with Crippen molar-refractivity contribution in [3.63, 3.8) is 0 Å². The van der Waals surface area contributed by atoms with Gasteiger partial charge in [0.15, 0.2) is 0 Å². The molecule has 1 heterocycles. The van der Waals surface area contributed by atoms with Crippen molar-refractivity contribution in [2.75, 3.05) is 4.83 Å². The number of hydrogen-bond acceptors (Lipinski definition) is 2. The number of aryl methyl sites for hydroxylation is 2. The molecule has 2 aromatic carbocycles. The van der Waals surface area contributed by atoms with Gasteiger partial charge in [0.25, 0.3) is 10.0 Å². The van der Waals surface area contributed by atoms with E-state index in [4.69, 9.17) is 11.6 Å². The zero-order chi connectivity index (χ0) is 17.3. The van der Waals surface area contributed by atoms with Crippen LogP contribution in [0, 0.1) is 13.8 Å². The van der Waals surface area contributed by atoms with E-state index in [0.717, 1.165) is 22.4 Å².